The molecule has 0 aliphatic heterocycles. The average Bonchev–Trinajstić information content (AvgIpc) is 2.89. The van der Waals surface area contributed by atoms with E-state index >= 15 is 0 Å². The van der Waals surface area contributed by atoms with E-state index in [1.807, 2.05) is 20.8 Å². The summed E-state index contributed by atoms with van der Waals surface area (Å²) >= 11 is 0. The van der Waals surface area contributed by atoms with Crippen LogP contribution >= 0.6 is 0 Å². The average molecular weight is 543 g/mol. The zero-order chi connectivity index (χ0) is 28.6. The maximum atomic E-state index is 12.8. The number of hydrogen-bond acceptors (Lipinski definition) is 8. The van der Waals surface area contributed by atoms with E-state index in [0.717, 1.165) is 19.3 Å². The third-order valence-corrected chi connectivity index (χ3v) is 5.85. The highest BCUT2D eigenvalue weighted by Gasteiger charge is 2.48. The van der Waals surface area contributed by atoms with Crippen molar-refractivity contribution in [3.63, 3.8) is 0 Å². The number of rotatable bonds is 22. The molecule has 0 radical (unpaired) electrons. The molecule has 0 saturated heterocycles. The van der Waals surface area contributed by atoms with Crippen LogP contribution in [0.25, 0.3) is 0 Å². The van der Waals surface area contributed by atoms with Crippen LogP contribution in [0.15, 0.2) is 12.1 Å². The Morgan fingerprint density at radius 1 is 0.684 bits per heavy atom. The maximum absolute atomic E-state index is 12.8. The van der Waals surface area contributed by atoms with Gasteiger partial charge in [-0.2, -0.15) is 0 Å². The third kappa shape index (κ3) is 8.72. The molecule has 0 heterocycles. The summed E-state index contributed by atoms with van der Waals surface area (Å²) in [7, 11) is 0. The minimum atomic E-state index is -1.75. The monoisotopic (exact) mass is 542 g/mol. The van der Waals surface area contributed by atoms with Gasteiger partial charge in [-0.05, 0) is 46.6 Å². The molecular weight excluding hydrogens is 496 g/mol. The van der Waals surface area contributed by atoms with Crippen LogP contribution in [0, 0.1) is 0 Å². The SMILES string of the molecule is CCCCOC(COCC)(OCC)c1ccc(C(=O)O)c(C(=O)O)c1C(COCC)(OCC)OCCCC. The van der Waals surface area contributed by atoms with Crippen molar-refractivity contribution in [3.8, 4) is 0 Å². The number of benzene rings is 1. The Kier molecular flexibility index (Phi) is 15.6. The zero-order valence-electron chi connectivity index (χ0n) is 23.8. The minimum absolute atomic E-state index is 0.0130. The lowest BCUT2D eigenvalue weighted by molar-refractivity contribution is -0.285. The molecule has 38 heavy (non-hydrogen) atoms. The molecule has 218 valence electrons. The molecule has 0 saturated carbocycles. The van der Waals surface area contributed by atoms with Gasteiger partial charge >= 0.3 is 11.9 Å². The summed E-state index contributed by atoms with van der Waals surface area (Å²) < 4.78 is 36.6. The van der Waals surface area contributed by atoms with E-state index in [1.54, 1.807) is 20.8 Å². The van der Waals surface area contributed by atoms with E-state index in [9.17, 15) is 19.8 Å². The maximum Gasteiger partial charge on any atom is 0.337 e. The summed E-state index contributed by atoms with van der Waals surface area (Å²) in [6, 6.07) is 2.76. The number of carboxylic acids is 2. The number of unbranched alkanes of at least 4 members (excludes halogenated alkanes) is 2. The van der Waals surface area contributed by atoms with Gasteiger partial charge in [0, 0.05) is 37.6 Å². The Balaban J connectivity index is 4.24. The quantitative estimate of drug-likeness (QED) is 0.149. The van der Waals surface area contributed by atoms with Gasteiger partial charge in [0.15, 0.2) is 0 Å². The fourth-order valence-electron chi connectivity index (χ4n) is 4.12. The molecule has 1 aromatic carbocycles. The predicted molar refractivity (Wildman–Crippen MR) is 142 cm³/mol. The van der Waals surface area contributed by atoms with Crippen LogP contribution in [-0.4, -0.2) is 75.0 Å². The van der Waals surface area contributed by atoms with Gasteiger partial charge < -0.3 is 38.6 Å². The number of hydrogen-bond donors (Lipinski definition) is 2. The summed E-state index contributed by atoms with van der Waals surface area (Å²) in [5.41, 5.74) is -0.637. The number of carbonyl (C=O) groups is 2. The molecule has 0 fully saturated rings. The van der Waals surface area contributed by atoms with Gasteiger partial charge in [-0.15, -0.1) is 0 Å². The van der Waals surface area contributed by atoms with Crippen molar-refractivity contribution in [2.45, 2.75) is 78.8 Å². The van der Waals surface area contributed by atoms with Gasteiger partial charge in [0.1, 0.15) is 13.2 Å². The van der Waals surface area contributed by atoms with Crippen molar-refractivity contribution in [1.29, 1.82) is 0 Å². The lowest BCUT2D eigenvalue weighted by atomic mass is 9.86. The first-order chi connectivity index (χ1) is 18.2. The first-order valence-electron chi connectivity index (χ1n) is 13.6. The number of carboxylic acid groups (broad SMARTS) is 2. The summed E-state index contributed by atoms with van der Waals surface area (Å²) in [5.74, 6) is -6.16. The molecule has 10 nitrogen and oxygen atoms in total. The van der Waals surface area contributed by atoms with E-state index in [2.05, 4.69) is 0 Å². The van der Waals surface area contributed by atoms with Crippen molar-refractivity contribution in [1.82, 2.24) is 0 Å². The van der Waals surface area contributed by atoms with Crippen LogP contribution in [0.1, 0.15) is 99.1 Å². The summed E-state index contributed by atoms with van der Waals surface area (Å²) in [4.78, 5) is 25.0. The molecule has 2 unspecified atom stereocenters. The highest BCUT2D eigenvalue weighted by molar-refractivity contribution is 6.03. The third-order valence-electron chi connectivity index (χ3n) is 5.85. The lowest BCUT2D eigenvalue weighted by Gasteiger charge is -2.41. The Labute approximate surface area is 226 Å². The van der Waals surface area contributed by atoms with Gasteiger partial charge in [0.2, 0.25) is 11.6 Å². The van der Waals surface area contributed by atoms with Gasteiger partial charge in [-0.3, -0.25) is 0 Å². The second kappa shape index (κ2) is 17.5. The smallest absolute Gasteiger partial charge is 0.337 e. The molecule has 2 N–H and O–H groups in total. The van der Waals surface area contributed by atoms with Crippen LogP contribution in [0.5, 0.6) is 0 Å². The number of aromatic carboxylic acids is 2. The standard InChI is InChI=1S/C28H46O10/c1-7-13-17-37-27(35-11-5,19-33-9-3)22-16-15-21(25(29)30)23(26(31)32)24(22)28(36-12-6,20-34-10-4)38-18-14-8-2/h15-16H,7-14,17-20H2,1-6H3,(H,29,30)(H,31,32). The molecule has 1 aromatic rings. The van der Waals surface area contributed by atoms with E-state index in [0.29, 0.717) is 26.2 Å². The van der Waals surface area contributed by atoms with E-state index in [-0.39, 0.29) is 44.2 Å². The molecule has 10 heteroatoms. The van der Waals surface area contributed by atoms with Crippen molar-refractivity contribution in [3.05, 3.63) is 34.4 Å². The highest BCUT2D eigenvalue weighted by Crippen LogP contribution is 2.42. The van der Waals surface area contributed by atoms with Crippen LogP contribution in [0.4, 0.5) is 0 Å². The van der Waals surface area contributed by atoms with Gasteiger partial charge in [0.05, 0.1) is 24.3 Å². The van der Waals surface area contributed by atoms with Crippen molar-refractivity contribution < 1.29 is 48.2 Å². The second-order valence-electron chi connectivity index (χ2n) is 8.57. The van der Waals surface area contributed by atoms with E-state index < -0.39 is 34.6 Å². The molecule has 0 aliphatic carbocycles. The van der Waals surface area contributed by atoms with Crippen LogP contribution in [0.3, 0.4) is 0 Å². The van der Waals surface area contributed by atoms with Crippen molar-refractivity contribution in [2.75, 3.05) is 52.9 Å². The normalized spacial score (nSPS) is 14.7. The summed E-state index contributed by atoms with van der Waals surface area (Å²) in [6.07, 6.45) is 3.06. The minimum Gasteiger partial charge on any atom is -0.478 e. The molecule has 2 atom stereocenters. The molecule has 0 bridgehead atoms. The summed E-state index contributed by atoms with van der Waals surface area (Å²) in [6.45, 7) is 12.5. The van der Waals surface area contributed by atoms with Crippen molar-refractivity contribution >= 4 is 11.9 Å². The first-order valence-corrected chi connectivity index (χ1v) is 13.6. The van der Waals surface area contributed by atoms with E-state index in [4.69, 9.17) is 28.4 Å². The Bertz CT molecular complexity index is 858. The lowest BCUT2D eigenvalue weighted by Crippen LogP contribution is -2.47. The molecule has 0 aromatic heterocycles. The molecular formula is C28H46O10. The fraction of sp³-hybridized carbons (Fsp3) is 0.714. The Morgan fingerprint density at radius 2 is 1.18 bits per heavy atom. The first kappa shape index (κ1) is 33.9. The van der Waals surface area contributed by atoms with Gasteiger partial charge in [-0.25, -0.2) is 9.59 Å². The topological polar surface area (TPSA) is 130 Å². The summed E-state index contributed by atoms with van der Waals surface area (Å²) in [5, 5.41) is 20.4. The van der Waals surface area contributed by atoms with E-state index in [1.165, 1.54) is 12.1 Å². The highest BCUT2D eigenvalue weighted by atomic mass is 16.7. The zero-order valence-corrected chi connectivity index (χ0v) is 23.8. The van der Waals surface area contributed by atoms with Crippen LogP contribution in [-0.2, 0) is 40.0 Å². The second-order valence-corrected chi connectivity index (χ2v) is 8.57. The Hall–Kier alpha value is -2.08. The molecule has 0 spiro atoms. The van der Waals surface area contributed by atoms with Gasteiger partial charge in [0.25, 0.3) is 0 Å². The van der Waals surface area contributed by atoms with Crippen LogP contribution < -0.4 is 0 Å². The number of ether oxygens (including phenoxy) is 6. The fourth-order valence-corrected chi connectivity index (χ4v) is 4.12. The molecule has 1 rings (SSSR count). The molecule has 0 aliphatic rings. The molecule has 0 amide bonds. The predicted octanol–water partition coefficient (Wildman–Crippen LogP) is 5.17. The Morgan fingerprint density at radius 3 is 1.63 bits per heavy atom. The van der Waals surface area contributed by atoms with Crippen LogP contribution in [0.2, 0.25) is 0 Å². The van der Waals surface area contributed by atoms with Gasteiger partial charge in [-0.1, -0.05) is 32.8 Å². The van der Waals surface area contributed by atoms with Crippen molar-refractivity contribution in [2.24, 2.45) is 0 Å². The largest absolute Gasteiger partial charge is 0.478 e.